The fraction of sp³-hybridized carbons (Fsp3) is 0.385. The molecule has 0 saturated heterocycles. The van der Waals surface area contributed by atoms with Gasteiger partial charge < -0.3 is 10.1 Å². The van der Waals surface area contributed by atoms with Crippen LogP contribution >= 0.6 is 11.6 Å². The summed E-state index contributed by atoms with van der Waals surface area (Å²) in [7, 11) is 3.51. The Labute approximate surface area is 117 Å². The molecule has 0 aliphatic rings. The zero-order valence-electron chi connectivity index (χ0n) is 11.2. The van der Waals surface area contributed by atoms with Crippen molar-refractivity contribution in [2.75, 3.05) is 14.2 Å². The second kappa shape index (κ2) is 6.04. The number of hydrogen-bond donors (Lipinski definition) is 1. The molecule has 0 radical (unpaired) electrons. The Morgan fingerprint density at radius 3 is 2.89 bits per heavy atom. The first-order chi connectivity index (χ1) is 9.22. The average molecular weight is 281 g/mol. The highest BCUT2D eigenvalue weighted by atomic mass is 35.5. The Kier molecular flexibility index (Phi) is 4.39. The van der Waals surface area contributed by atoms with Crippen LogP contribution in [-0.2, 0) is 6.54 Å². The number of aromatic nitrogens is 3. The van der Waals surface area contributed by atoms with Gasteiger partial charge in [-0.05, 0) is 20.0 Å². The van der Waals surface area contributed by atoms with Gasteiger partial charge in [0.05, 0.1) is 36.3 Å². The summed E-state index contributed by atoms with van der Waals surface area (Å²) in [6.45, 7) is 2.79. The summed E-state index contributed by atoms with van der Waals surface area (Å²) in [5, 5.41) is 8.17. The minimum atomic E-state index is -0.0899. The van der Waals surface area contributed by atoms with E-state index in [1.807, 2.05) is 24.7 Å². The van der Waals surface area contributed by atoms with Crippen LogP contribution in [0, 0.1) is 0 Å². The van der Waals surface area contributed by atoms with E-state index in [-0.39, 0.29) is 6.04 Å². The molecule has 0 spiro atoms. The van der Waals surface area contributed by atoms with Crippen LogP contribution in [0.15, 0.2) is 24.7 Å². The largest absolute Gasteiger partial charge is 0.495 e. The van der Waals surface area contributed by atoms with E-state index in [2.05, 4.69) is 15.4 Å². The molecular weight excluding hydrogens is 264 g/mol. The number of nitrogens with zero attached hydrogens (tertiary/aromatic N) is 3. The van der Waals surface area contributed by atoms with Crippen molar-refractivity contribution < 1.29 is 4.74 Å². The Bertz CT molecular complexity index is 555. The van der Waals surface area contributed by atoms with Crippen LogP contribution in [0.3, 0.4) is 0 Å². The molecule has 5 nitrogen and oxygen atoms in total. The molecule has 0 aliphatic carbocycles. The Morgan fingerprint density at radius 1 is 1.47 bits per heavy atom. The Hall–Kier alpha value is -1.59. The van der Waals surface area contributed by atoms with Crippen molar-refractivity contribution in [2.45, 2.75) is 19.5 Å². The zero-order valence-corrected chi connectivity index (χ0v) is 12.0. The topological polar surface area (TPSA) is 52.0 Å². The Morgan fingerprint density at radius 2 is 2.26 bits per heavy atom. The monoisotopic (exact) mass is 280 g/mol. The number of hydrogen-bond acceptors (Lipinski definition) is 4. The molecule has 102 valence electrons. The third kappa shape index (κ3) is 2.57. The van der Waals surface area contributed by atoms with Gasteiger partial charge in [0.15, 0.2) is 0 Å². The van der Waals surface area contributed by atoms with E-state index in [0.717, 1.165) is 23.6 Å². The molecule has 0 amide bonds. The maximum absolute atomic E-state index is 6.26. The highest BCUT2D eigenvalue weighted by Crippen LogP contribution is 2.32. The van der Waals surface area contributed by atoms with Crippen LogP contribution in [0.1, 0.15) is 24.2 Å². The van der Waals surface area contributed by atoms with Gasteiger partial charge in [0.1, 0.15) is 5.75 Å². The summed E-state index contributed by atoms with van der Waals surface area (Å²) < 4.78 is 7.24. The fourth-order valence-electron chi connectivity index (χ4n) is 2.15. The van der Waals surface area contributed by atoms with E-state index in [0.29, 0.717) is 5.02 Å². The maximum Gasteiger partial charge on any atom is 0.142 e. The van der Waals surface area contributed by atoms with Crippen molar-refractivity contribution >= 4 is 11.6 Å². The third-order valence-electron chi connectivity index (χ3n) is 3.04. The lowest BCUT2D eigenvalue weighted by Gasteiger charge is -2.20. The van der Waals surface area contributed by atoms with Gasteiger partial charge in [-0.25, -0.2) is 0 Å². The SMILES string of the molecule is CCn1ncc(Cl)c1C(NC)c1ccncc1OC. The average Bonchev–Trinajstić information content (AvgIpc) is 2.82. The lowest BCUT2D eigenvalue weighted by molar-refractivity contribution is 0.401. The normalized spacial score (nSPS) is 12.4. The van der Waals surface area contributed by atoms with E-state index in [9.17, 15) is 0 Å². The highest BCUT2D eigenvalue weighted by Gasteiger charge is 2.23. The molecule has 1 unspecified atom stereocenters. The molecule has 0 bridgehead atoms. The van der Waals surface area contributed by atoms with E-state index in [1.54, 1.807) is 25.7 Å². The molecule has 0 saturated carbocycles. The standard InChI is InChI=1S/C13H17ClN4O/c1-4-18-13(10(14)7-17-18)12(15-2)9-5-6-16-8-11(9)19-3/h5-8,12,15H,4H2,1-3H3. The van der Waals surface area contributed by atoms with Crippen molar-refractivity contribution in [2.24, 2.45) is 0 Å². The van der Waals surface area contributed by atoms with Crippen LogP contribution in [0.25, 0.3) is 0 Å². The molecule has 2 aromatic heterocycles. The predicted octanol–water partition coefficient (Wildman–Crippen LogP) is 2.27. The summed E-state index contributed by atoms with van der Waals surface area (Å²) in [6, 6.07) is 1.83. The van der Waals surface area contributed by atoms with E-state index in [1.165, 1.54) is 0 Å². The number of aryl methyl sites for hydroxylation is 1. The van der Waals surface area contributed by atoms with Gasteiger partial charge in [-0.3, -0.25) is 9.67 Å². The van der Waals surface area contributed by atoms with Gasteiger partial charge in [-0.15, -0.1) is 0 Å². The molecule has 2 aromatic rings. The summed E-state index contributed by atoms with van der Waals surface area (Å²) in [5.74, 6) is 0.724. The van der Waals surface area contributed by atoms with Gasteiger partial charge in [-0.1, -0.05) is 11.6 Å². The summed E-state index contributed by atoms with van der Waals surface area (Å²) in [6.07, 6.45) is 5.10. The molecule has 1 atom stereocenters. The molecule has 2 heterocycles. The number of halogens is 1. The minimum absolute atomic E-state index is 0.0899. The third-order valence-corrected chi connectivity index (χ3v) is 3.33. The van der Waals surface area contributed by atoms with Crippen molar-refractivity contribution in [3.8, 4) is 5.75 Å². The van der Waals surface area contributed by atoms with Crippen LogP contribution < -0.4 is 10.1 Å². The quantitative estimate of drug-likeness (QED) is 0.913. The molecular formula is C13H17ClN4O. The fourth-order valence-corrected chi connectivity index (χ4v) is 2.40. The van der Waals surface area contributed by atoms with Crippen LogP contribution in [0.2, 0.25) is 5.02 Å². The van der Waals surface area contributed by atoms with Crippen molar-refractivity contribution in [1.82, 2.24) is 20.1 Å². The second-order valence-corrected chi connectivity index (χ2v) is 4.44. The summed E-state index contributed by atoms with van der Waals surface area (Å²) in [5.41, 5.74) is 1.91. The first-order valence-corrected chi connectivity index (χ1v) is 6.47. The number of pyridine rings is 1. The van der Waals surface area contributed by atoms with Gasteiger partial charge in [0.25, 0.3) is 0 Å². The first-order valence-electron chi connectivity index (χ1n) is 6.09. The van der Waals surface area contributed by atoms with Crippen molar-refractivity contribution in [3.63, 3.8) is 0 Å². The zero-order chi connectivity index (χ0) is 13.8. The van der Waals surface area contributed by atoms with Crippen molar-refractivity contribution in [1.29, 1.82) is 0 Å². The minimum Gasteiger partial charge on any atom is -0.495 e. The van der Waals surface area contributed by atoms with Gasteiger partial charge in [0, 0.05) is 18.3 Å². The predicted molar refractivity (Wildman–Crippen MR) is 74.6 cm³/mol. The Balaban J connectivity index is 2.53. The molecule has 6 heteroatoms. The number of rotatable bonds is 5. The molecule has 0 aliphatic heterocycles. The highest BCUT2D eigenvalue weighted by molar-refractivity contribution is 6.31. The van der Waals surface area contributed by atoms with Crippen LogP contribution in [0.4, 0.5) is 0 Å². The number of nitrogens with one attached hydrogen (secondary N) is 1. The van der Waals surface area contributed by atoms with Gasteiger partial charge in [-0.2, -0.15) is 5.10 Å². The lowest BCUT2D eigenvalue weighted by Crippen LogP contribution is -2.22. The molecule has 1 N–H and O–H groups in total. The van der Waals surface area contributed by atoms with Crippen molar-refractivity contribution in [3.05, 3.63) is 40.9 Å². The van der Waals surface area contributed by atoms with E-state index < -0.39 is 0 Å². The van der Waals surface area contributed by atoms with Gasteiger partial charge >= 0.3 is 0 Å². The van der Waals surface area contributed by atoms with Crippen LogP contribution in [0.5, 0.6) is 5.75 Å². The summed E-state index contributed by atoms with van der Waals surface area (Å²) >= 11 is 6.26. The van der Waals surface area contributed by atoms with E-state index in [4.69, 9.17) is 16.3 Å². The smallest absolute Gasteiger partial charge is 0.142 e. The number of ether oxygens (including phenoxy) is 1. The lowest BCUT2D eigenvalue weighted by atomic mass is 10.0. The van der Waals surface area contributed by atoms with E-state index >= 15 is 0 Å². The maximum atomic E-state index is 6.26. The molecule has 0 aromatic carbocycles. The van der Waals surface area contributed by atoms with Crippen LogP contribution in [-0.4, -0.2) is 28.9 Å². The molecule has 0 fully saturated rings. The molecule has 2 rings (SSSR count). The second-order valence-electron chi connectivity index (χ2n) is 4.03. The summed E-state index contributed by atoms with van der Waals surface area (Å²) in [4.78, 5) is 4.07. The number of methoxy groups -OCH3 is 1. The first kappa shape index (κ1) is 13.8. The molecule has 19 heavy (non-hydrogen) atoms. The van der Waals surface area contributed by atoms with Gasteiger partial charge in [0.2, 0.25) is 0 Å².